The van der Waals surface area contributed by atoms with Crippen LogP contribution in [0.2, 0.25) is 5.02 Å². The van der Waals surface area contributed by atoms with Crippen molar-refractivity contribution in [3.63, 3.8) is 0 Å². The summed E-state index contributed by atoms with van der Waals surface area (Å²) < 4.78 is 13.8. The number of nitrogens with one attached hydrogen (secondary N) is 2. The summed E-state index contributed by atoms with van der Waals surface area (Å²) in [5.74, 6) is 0.774. The van der Waals surface area contributed by atoms with Gasteiger partial charge in [0.1, 0.15) is 5.60 Å². The van der Waals surface area contributed by atoms with Crippen molar-refractivity contribution in [2.24, 2.45) is 5.92 Å². The summed E-state index contributed by atoms with van der Waals surface area (Å²) in [6.07, 6.45) is 1.35. The number of carbonyl (C=O) groups excluding carboxylic acids is 2. The number of nitrogens with zero attached hydrogens (tertiary/aromatic N) is 4. The largest absolute Gasteiger partial charge is 0.444 e. The molecule has 0 bridgehead atoms. The van der Waals surface area contributed by atoms with Gasteiger partial charge < -0.3 is 29.6 Å². The molecule has 4 aromatic rings. The molecule has 1 aliphatic rings. The maximum absolute atomic E-state index is 13.1. The minimum atomic E-state index is -0.510. The molecule has 0 radical (unpaired) electrons. The van der Waals surface area contributed by atoms with Crippen molar-refractivity contribution < 1.29 is 19.1 Å². The molecule has 2 aromatic heterocycles. The highest BCUT2D eigenvalue weighted by molar-refractivity contribution is 7.22. The first-order chi connectivity index (χ1) is 19.6. The van der Waals surface area contributed by atoms with E-state index in [1.165, 1.54) is 11.3 Å². The zero-order valence-corrected chi connectivity index (χ0v) is 25.3. The lowest BCUT2D eigenvalue weighted by Gasteiger charge is -2.33. The van der Waals surface area contributed by atoms with Crippen LogP contribution in [0.25, 0.3) is 21.3 Å². The maximum Gasteiger partial charge on any atom is 0.410 e. The Morgan fingerprint density at radius 2 is 1.88 bits per heavy atom. The Hall–Kier alpha value is -3.41. The van der Waals surface area contributed by atoms with Gasteiger partial charge in [0.2, 0.25) is 5.95 Å². The molecule has 1 aliphatic heterocycles. The number of imidazole rings is 1. The molecule has 3 heterocycles. The Morgan fingerprint density at radius 3 is 2.61 bits per heavy atom. The number of thiazole rings is 1. The highest BCUT2D eigenvalue weighted by atomic mass is 35.5. The molecule has 1 saturated heterocycles. The summed E-state index contributed by atoms with van der Waals surface area (Å²) in [7, 11) is 1.66. The summed E-state index contributed by atoms with van der Waals surface area (Å²) >= 11 is 7.64. The number of halogens is 1. The maximum atomic E-state index is 13.1. The lowest BCUT2D eigenvalue weighted by atomic mass is 9.97. The molecule has 0 saturated carbocycles. The quantitative estimate of drug-likeness (QED) is 0.253. The molecule has 0 atom stereocenters. The molecule has 0 aliphatic carbocycles. The van der Waals surface area contributed by atoms with E-state index in [1.54, 1.807) is 12.0 Å². The van der Waals surface area contributed by atoms with Gasteiger partial charge in [-0.05, 0) is 75.9 Å². The fourth-order valence-corrected chi connectivity index (χ4v) is 5.94. The minimum Gasteiger partial charge on any atom is -0.444 e. The molecule has 2 aromatic carbocycles. The average molecular weight is 599 g/mol. The summed E-state index contributed by atoms with van der Waals surface area (Å²) in [6.45, 7) is 8.48. The van der Waals surface area contributed by atoms with Crippen molar-refractivity contribution >= 4 is 67.3 Å². The summed E-state index contributed by atoms with van der Waals surface area (Å²) in [5.41, 5.74) is 2.48. The first-order valence-corrected chi connectivity index (χ1v) is 14.9. The molecule has 12 heteroatoms. The topological polar surface area (TPSA) is 111 Å². The van der Waals surface area contributed by atoms with Gasteiger partial charge in [0, 0.05) is 43.9 Å². The first kappa shape index (κ1) is 29.1. The van der Waals surface area contributed by atoms with E-state index in [-0.39, 0.29) is 12.0 Å². The third-order valence-corrected chi connectivity index (χ3v) is 8.08. The molecule has 0 spiro atoms. The second kappa shape index (κ2) is 12.2. The Morgan fingerprint density at radius 1 is 1.10 bits per heavy atom. The number of ether oxygens (including phenoxy) is 2. The number of rotatable bonds is 8. The number of methoxy groups -OCH3 is 1. The van der Waals surface area contributed by atoms with Crippen molar-refractivity contribution in [2.45, 2.75) is 45.8 Å². The van der Waals surface area contributed by atoms with Crippen LogP contribution in [0, 0.1) is 5.92 Å². The van der Waals surface area contributed by atoms with Gasteiger partial charge in [0.15, 0.2) is 5.13 Å². The van der Waals surface area contributed by atoms with E-state index in [0.717, 1.165) is 28.6 Å². The van der Waals surface area contributed by atoms with Gasteiger partial charge >= 0.3 is 6.09 Å². The van der Waals surface area contributed by atoms with Gasteiger partial charge in [0.25, 0.3) is 5.91 Å². The lowest BCUT2D eigenvalue weighted by Crippen LogP contribution is -2.43. The number of anilines is 2. The minimum absolute atomic E-state index is 0.148. The Balaban J connectivity index is 1.25. The number of aromatic nitrogens is 3. The number of piperidine rings is 1. The highest BCUT2D eigenvalue weighted by Crippen LogP contribution is 2.31. The van der Waals surface area contributed by atoms with E-state index in [0.29, 0.717) is 65.9 Å². The smallest absolute Gasteiger partial charge is 0.410 e. The van der Waals surface area contributed by atoms with Crippen LogP contribution in [0.4, 0.5) is 15.9 Å². The van der Waals surface area contributed by atoms with Crippen LogP contribution >= 0.6 is 22.9 Å². The second-order valence-electron chi connectivity index (χ2n) is 11.2. The summed E-state index contributed by atoms with van der Waals surface area (Å²) in [5, 5.41) is 7.78. The van der Waals surface area contributed by atoms with Crippen LogP contribution in [0.1, 0.15) is 44.0 Å². The van der Waals surface area contributed by atoms with Crippen molar-refractivity contribution in [2.75, 3.05) is 38.7 Å². The molecule has 2 amide bonds. The molecule has 10 nitrogen and oxygen atoms in total. The molecular formula is C29H35ClN6O4S. The van der Waals surface area contributed by atoms with Crippen LogP contribution in [-0.2, 0) is 16.0 Å². The van der Waals surface area contributed by atoms with Gasteiger partial charge in [-0.25, -0.2) is 14.8 Å². The fourth-order valence-electron chi connectivity index (χ4n) is 4.81. The van der Waals surface area contributed by atoms with E-state index in [2.05, 4.69) is 15.6 Å². The first-order valence-electron chi connectivity index (χ1n) is 13.7. The molecule has 1 fully saturated rings. The number of benzene rings is 2. The summed E-state index contributed by atoms with van der Waals surface area (Å²) in [6, 6.07) is 11.1. The van der Waals surface area contributed by atoms with Crippen molar-refractivity contribution in [3.05, 3.63) is 47.0 Å². The SMILES string of the molecule is COCCn1c(Nc2nc3ccc(Cl)cc3s2)nc2cc(C(=O)NCC3CCN(C(=O)OC(C)(C)C)CC3)ccc21. The standard InChI is InChI=1S/C29H35ClN6O4S/c1-29(2,3)40-28(38)35-11-9-18(10-12-35)17-31-25(37)19-5-8-23-22(15-19)32-26(36(23)13-14-39-4)34-27-33-21-7-6-20(30)16-24(21)41-27/h5-8,15-16,18H,9-14,17H2,1-4H3,(H,31,37)(H,32,33,34). The summed E-state index contributed by atoms with van der Waals surface area (Å²) in [4.78, 5) is 36.6. The Bertz CT molecular complexity index is 1550. The van der Waals surface area contributed by atoms with Gasteiger partial charge in [-0.3, -0.25) is 4.79 Å². The van der Waals surface area contributed by atoms with Crippen molar-refractivity contribution in [1.82, 2.24) is 24.8 Å². The number of fused-ring (bicyclic) bond motifs is 2. The van der Waals surface area contributed by atoms with E-state index < -0.39 is 5.60 Å². The molecule has 41 heavy (non-hydrogen) atoms. The monoisotopic (exact) mass is 598 g/mol. The van der Waals surface area contributed by atoms with E-state index in [4.69, 9.17) is 26.1 Å². The Kier molecular flexibility index (Phi) is 8.67. The zero-order valence-electron chi connectivity index (χ0n) is 23.7. The lowest BCUT2D eigenvalue weighted by molar-refractivity contribution is 0.0183. The van der Waals surface area contributed by atoms with Crippen LogP contribution in [0.3, 0.4) is 0 Å². The predicted molar refractivity (Wildman–Crippen MR) is 162 cm³/mol. The number of carbonyl (C=O) groups is 2. The number of hydrogen-bond acceptors (Lipinski definition) is 8. The third-order valence-electron chi connectivity index (χ3n) is 6.92. The van der Waals surface area contributed by atoms with Crippen LogP contribution < -0.4 is 10.6 Å². The molecule has 5 rings (SSSR count). The molecule has 2 N–H and O–H groups in total. The fraction of sp³-hybridized carbons (Fsp3) is 0.448. The van der Waals surface area contributed by atoms with Crippen LogP contribution in [-0.4, -0.2) is 70.4 Å². The third kappa shape index (κ3) is 7.09. The van der Waals surface area contributed by atoms with Crippen molar-refractivity contribution in [1.29, 1.82) is 0 Å². The molecule has 218 valence electrons. The van der Waals surface area contributed by atoms with Crippen molar-refractivity contribution in [3.8, 4) is 0 Å². The normalized spacial score (nSPS) is 14.5. The number of amides is 2. The zero-order chi connectivity index (χ0) is 29.1. The van der Waals surface area contributed by atoms with E-state index in [1.807, 2.05) is 61.7 Å². The molecule has 0 unspecified atom stereocenters. The van der Waals surface area contributed by atoms with Gasteiger partial charge in [-0.15, -0.1) is 0 Å². The van der Waals surface area contributed by atoms with Crippen LogP contribution in [0.15, 0.2) is 36.4 Å². The highest BCUT2D eigenvalue weighted by Gasteiger charge is 2.27. The average Bonchev–Trinajstić information content (AvgIpc) is 3.48. The number of hydrogen-bond donors (Lipinski definition) is 2. The predicted octanol–water partition coefficient (Wildman–Crippen LogP) is 6.07. The molecular weight excluding hydrogens is 564 g/mol. The van der Waals surface area contributed by atoms with E-state index >= 15 is 0 Å². The second-order valence-corrected chi connectivity index (χ2v) is 12.6. The van der Waals surface area contributed by atoms with Crippen LogP contribution in [0.5, 0.6) is 0 Å². The van der Waals surface area contributed by atoms with E-state index in [9.17, 15) is 9.59 Å². The van der Waals surface area contributed by atoms with Gasteiger partial charge in [0.05, 0.1) is 27.9 Å². The van der Waals surface area contributed by atoms with Gasteiger partial charge in [-0.1, -0.05) is 22.9 Å². The Labute approximate surface area is 248 Å². The number of likely N-dealkylation sites (tertiary alicyclic amines) is 1. The van der Waals surface area contributed by atoms with Gasteiger partial charge in [-0.2, -0.15) is 0 Å².